The van der Waals surface area contributed by atoms with Crippen LogP contribution in [0.2, 0.25) is 0 Å². The maximum Gasteiger partial charge on any atom is 0.337 e. The average Bonchev–Trinajstić information content (AvgIpc) is 3.25. The third-order valence-electron chi connectivity index (χ3n) is 6.44. The Hall–Kier alpha value is -3.75. The van der Waals surface area contributed by atoms with Crippen molar-refractivity contribution >= 4 is 11.2 Å². The molecule has 9 heteroatoms. The largest absolute Gasteiger partial charge is 0.497 e. The summed E-state index contributed by atoms with van der Waals surface area (Å²) >= 11 is 0. The summed E-state index contributed by atoms with van der Waals surface area (Å²) in [6.45, 7) is 0.323. The minimum atomic E-state index is -1.08. The normalized spacial score (nSPS) is 14.6. The fraction of sp³-hybridized carbons (Fsp3) is 0.320. The standard InChI is InChI=1S/C25H24F2N4O3/c1-34-19-9-5-6-16(12-19)14-29-15-28-23-22(29)24(32)31(17-7-3-2-4-8-17)25(33)30(23)18-10-11-20(26)21(27)13-18/h5-6,9-13,15,17H,2-4,7-8,14H2,1H3. The molecule has 1 aliphatic carbocycles. The minimum absolute atomic E-state index is 0.107. The number of fused-ring (bicyclic) bond motifs is 1. The molecule has 1 saturated carbocycles. The van der Waals surface area contributed by atoms with Crippen LogP contribution in [0.15, 0.2) is 58.4 Å². The molecule has 0 amide bonds. The van der Waals surface area contributed by atoms with E-state index in [1.54, 1.807) is 11.7 Å². The lowest BCUT2D eigenvalue weighted by atomic mass is 9.95. The molecule has 1 aliphatic rings. The second-order valence-electron chi connectivity index (χ2n) is 8.58. The monoisotopic (exact) mass is 466 g/mol. The summed E-state index contributed by atoms with van der Waals surface area (Å²) in [6.07, 6.45) is 5.81. The summed E-state index contributed by atoms with van der Waals surface area (Å²) in [5.41, 5.74) is 0.319. The molecule has 0 N–H and O–H groups in total. The summed E-state index contributed by atoms with van der Waals surface area (Å²) in [7, 11) is 1.58. The topological polar surface area (TPSA) is 71.1 Å². The molecule has 34 heavy (non-hydrogen) atoms. The van der Waals surface area contributed by atoms with Gasteiger partial charge in [0, 0.05) is 18.7 Å². The van der Waals surface area contributed by atoms with E-state index in [2.05, 4.69) is 4.98 Å². The maximum absolute atomic E-state index is 14.1. The zero-order valence-corrected chi connectivity index (χ0v) is 18.7. The number of hydrogen-bond acceptors (Lipinski definition) is 4. The van der Waals surface area contributed by atoms with E-state index in [9.17, 15) is 18.4 Å². The molecule has 0 bridgehead atoms. The summed E-state index contributed by atoms with van der Waals surface area (Å²) in [4.78, 5) is 31.6. The van der Waals surface area contributed by atoms with E-state index in [0.717, 1.165) is 37.0 Å². The molecule has 4 aromatic rings. The van der Waals surface area contributed by atoms with Crippen LogP contribution in [-0.2, 0) is 6.54 Å². The van der Waals surface area contributed by atoms with E-state index in [1.165, 1.54) is 21.5 Å². The van der Waals surface area contributed by atoms with Gasteiger partial charge in [0.15, 0.2) is 22.8 Å². The number of aromatic nitrogens is 4. The third kappa shape index (κ3) is 3.81. The summed E-state index contributed by atoms with van der Waals surface area (Å²) in [5, 5.41) is 0. The van der Waals surface area contributed by atoms with Gasteiger partial charge in [-0.3, -0.25) is 9.36 Å². The van der Waals surface area contributed by atoms with Crippen LogP contribution in [0.5, 0.6) is 5.75 Å². The van der Waals surface area contributed by atoms with Crippen molar-refractivity contribution in [3.8, 4) is 11.4 Å². The first-order valence-corrected chi connectivity index (χ1v) is 11.3. The third-order valence-corrected chi connectivity index (χ3v) is 6.44. The van der Waals surface area contributed by atoms with Crippen LogP contribution in [0.25, 0.3) is 16.9 Å². The molecule has 1 fully saturated rings. The molecule has 2 aromatic carbocycles. The van der Waals surface area contributed by atoms with Crippen LogP contribution in [0, 0.1) is 11.6 Å². The zero-order chi connectivity index (χ0) is 23.8. The molecule has 0 aliphatic heterocycles. The molecule has 5 rings (SSSR count). The van der Waals surface area contributed by atoms with Gasteiger partial charge in [0.2, 0.25) is 0 Å². The van der Waals surface area contributed by atoms with Crippen molar-refractivity contribution in [2.24, 2.45) is 0 Å². The second-order valence-corrected chi connectivity index (χ2v) is 8.58. The van der Waals surface area contributed by atoms with E-state index in [0.29, 0.717) is 25.1 Å². The number of halogens is 2. The Morgan fingerprint density at radius 3 is 2.56 bits per heavy atom. The van der Waals surface area contributed by atoms with E-state index < -0.39 is 22.9 Å². The fourth-order valence-corrected chi connectivity index (χ4v) is 4.76. The van der Waals surface area contributed by atoms with Gasteiger partial charge in [0.25, 0.3) is 5.56 Å². The second kappa shape index (κ2) is 8.89. The lowest BCUT2D eigenvalue weighted by Crippen LogP contribution is -2.43. The van der Waals surface area contributed by atoms with Crippen molar-refractivity contribution in [3.63, 3.8) is 0 Å². The van der Waals surface area contributed by atoms with Crippen LogP contribution in [0.3, 0.4) is 0 Å². The molecule has 0 unspecified atom stereocenters. The van der Waals surface area contributed by atoms with Crippen LogP contribution in [0.4, 0.5) is 8.78 Å². The number of imidazole rings is 1. The Labute approximate surface area is 193 Å². The highest BCUT2D eigenvalue weighted by atomic mass is 19.2. The first kappa shape index (κ1) is 22.1. The van der Waals surface area contributed by atoms with Gasteiger partial charge >= 0.3 is 5.69 Å². The van der Waals surface area contributed by atoms with Gasteiger partial charge in [0.05, 0.1) is 19.1 Å². The Kier molecular flexibility index (Phi) is 5.77. The van der Waals surface area contributed by atoms with Crippen molar-refractivity contribution in [3.05, 3.63) is 86.8 Å². The van der Waals surface area contributed by atoms with Crippen molar-refractivity contribution in [1.29, 1.82) is 0 Å². The molecule has 2 aromatic heterocycles. The number of rotatable bonds is 5. The first-order valence-electron chi connectivity index (χ1n) is 11.3. The van der Waals surface area contributed by atoms with Gasteiger partial charge in [0.1, 0.15) is 5.75 Å². The van der Waals surface area contributed by atoms with Gasteiger partial charge in [-0.2, -0.15) is 0 Å². The lowest BCUT2D eigenvalue weighted by molar-refractivity contribution is 0.335. The van der Waals surface area contributed by atoms with Gasteiger partial charge in [-0.15, -0.1) is 0 Å². The van der Waals surface area contributed by atoms with E-state index in [1.807, 2.05) is 24.3 Å². The Morgan fingerprint density at radius 2 is 1.82 bits per heavy atom. The molecular weight excluding hydrogens is 442 g/mol. The lowest BCUT2D eigenvalue weighted by Gasteiger charge is -2.24. The summed E-state index contributed by atoms with van der Waals surface area (Å²) in [6, 6.07) is 10.4. The minimum Gasteiger partial charge on any atom is -0.497 e. The highest BCUT2D eigenvalue weighted by Gasteiger charge is 2.25. The van der Waals surface area contributed by atoms with Crippen LogP contribution in [0.1, 0.15) is 43.7 Å². The zero-order valence-electron chi connectivity index (χ0n) is 18.7. The highest BCUT2D eigenvalue weighted by molar-refractivity contribution is 5.72. The van der Waals surface area contributed by atoms with Crippen LogP contribution < -0.4 is 16.0 Å². The first-order chi connectivity index (χ1) is 16.5. The predicted octanol–water partition coefficient (Wildman–Crippen LogP) is 4.19. The number of nitrogens with zero attached hydrogens (tertiary/aromatic N) is 4. The smallest absolute Gasteiger partial charge is 0.337 e. The number of ether oxygens (including phenoxy) is 1. The van der Waals surface area contributed by atoms with Gasteiger partial charge in [-0.1, -0.05) is 31.4 Å². The van der Waals surface area contributed by atoms with Gasteiger partial charge < -0.3 is 9.30 Å². The van der Waals surface area contributed by atoms with E-state index >= 15 is 0 Å². The van der Waals surface area contributed by atoms with E-state index in [4.69, 9.17) is 4.74 Å². The molecule has 7 nitrogen and oxygen atoms in total. The maximum atomic E-state index is 14.1. The van der Waals surface area contributed by atoms with Crippen molar-refractivity contribution in [2.45, 2.75) is 44.7 Å². The fourth-order valence-electron chi connectivity index (χ4n) is 4.76. The molecule has 176 valence electrons. The quantitative estimate of drug-likeness (QED) is 0.442. The van der Waals surface area contributed by atoms with Crippen LogP contribution in [-0.4, -0.2) is 25.8 Å². The van der Waals surface area contributed by atoms with Crippen LogP contribution >= 0.6 is 0 Å². The number of benzene rings is 2. The molecule has 0 radical (unpaired) electrons. The molecule has 0 spiro atoms. The van der Waals surface area contributed by atoms with Crippen molar-refractivity contribution < 1.29 is 13.5 Å². The Morgan fingerprint density at radius 1 is 1.03 bits per heavy atom. The van der Waals surface area contributed by atoms with E-state index in [-0.39, 0.29) is 22.9 Å². The van der Waals surface area contributed by atoms with Gasteiger partial charge in [-0.05, 0) is 42.7 Å². The average molecular weight is 466 g/mol. The predicted molar refractivity (Wildman–Crippen MR) is 124 cm³/mol. The molecule has 0 saturated heterocycles. The molecular formula is C25H24F2N4O3. The molecule has 0 atom stereocenters. The molecule has 2 heterocycles. The highest BCUT2D eigenvalue weighted by Crippen LogP contribution is 2.27. The number of hydrogen-bond donors (Lipinski definition) is 0. The SMILES string of the molecule is COc1cccc(Cn2cnc3c2c(=O)n(C2CCCCC2)c(=O)n3-c2ccc(F)c(F)c2)c1. The Bertz CT molecular complexity index is 1480. The van der Waals surface area contributed by atoms with Crippen molar-refractivity contribution in [1.82, 2.24) is 18.7 Å². The Balaban J connectivity index is 1.75. The summed E-state index contributed by atoms with van der Waals surface area (Å²) in [5.74, 6) is -1.42. The van der Waals surface area contributed by atoms with Gasteiger partial charge in [-0.25, -0.2) is 23.1 Å². The number of methoxy groups -OCH3 is 1. The summed E-state index contributed by atoms with van der Waals surface area (Å²) < 4.78 is 37.2. The van der Waals surface area contributed by atoms with Crippen molar-refractivity contribution in [2.75, 3.05) is 7.11 Å².